The summed E-state index contributed by atoms with van der Waals surface area (Å²) < 4.78 is 7.32. The Morgan fingerprint density at radius 2 is 1.84 bits per heavy atom. The molecular weight excluding hydrogens is 529 g/mol. The van der Waals surface area contributed by atoms with Crippen LogP contribution < -0.4 is 10.7 Å². The fraction of sp³-hybridized carbons (Fsp3) is 0.222. The third-order valence-electron chi connectivity index (χ3n) is 6.38. The number of amides is 2. The van der Waals surface area contributed by atoms with E-state index in [0.29, 0.717) is 18.7 Å². The molecule has 3 aromatic heterocycles. The second kappa shape index (κ2) is 11.2. The molecule has 0 saturated carbocycles. The molecule has 38 heavy (non-hydrogen) atoms. The van der Waals surface area contributed by atoms with Crippen LogP contribution in [0.4, 0.5) is 10.5 Å². The Kier molecular flexibility index (Phi) is 7.57. The van der Waals surface area contributed by atoms with Crippen LogP contribution in [0.25, 0.3) is 11.0 Å². The van der Waals surface area contributed by atoms with E-state index in [9.17, 15) is 14.4 Å². The maximum Gasteiger partial charge on any atom is 0.410 e. The van der Waals surface area contributed by atoms with Crippen molar-refractivity contribution in [2.45, 2.75) is 25.5 Å². The Balaban J connectivity index is 1.43. The molecular formula is C27H23Cl2N5O4. The van der Waals surface area contributed by atoms with E-state index in [1.165, 1.54) is 18.6 Å². The van der Waals surface area contributed by atoms with Gasteiger partial charge in [-0.1, -0.05) is 53.5 Å². The van der Waals surface area contributed by atoms with Gasteiger partial charge in [-0.3, -0.25) is 14.6 Å². The van der Waals surface area contributed by atoms with Crippen molar-refractivity contribution in [2.75, 3.05) is 18.4 Å². The number of rotatable bonds is 5. The number of nitrogens with one attached hydrogen (secondary N) is 1. The molecule has 1 fully saturated rings. The number of anilines is 1. The average Bonchev–Trinajstić information content (AvgIpc) is 2.94. The van der Waals surface area contributed by atoms with E-state index in [-0.39, 0.29) is 39.3 Å². The number of benzene rings is 1. The van der Waals surface area contributed by atoms with Gasteiger partial charge in [-0.25, -0.2) is 9.78 Å². The largest absolute Gasteiger partial charge is 0.445 e. The van der Waals surface area contributed by atoms with Crippen molar-refractivity contribution < 1.29 is 14.3 Å². The van der Waals surface area contributed by atoms with Crippen molar-refractivity contribution in [1.82, 2.24) is 19.4 Å². The highest BCUT2D eigenvalue weighted by atomic mass is 35.5. The number of ether oxygens (including phenoxy) is 1. The summed E-state index contributed by atoms with van der Waals surface area (Å²) in [6.45, 7) is 1.06. The third kappa shape index (κ3) is 5.34. The van der Waals surface area contributed by atoms with Crippen molar-refractivity contribution in [3.05, 3.63) is 98.6 Å². The number of aromatic nitrogens is 3. The Labute approximate surface area is 228 Å². The highest BCUT2D eigenvalue weighted by Crippen LogP contribution is 2.30. The second-order valence-corrected chi connectivity index (χ2v) is 9.68. The zero-order chi connectivity index (χ0) is 26.6. The first kappa shape index (κ1) is 25.7. The first-order valence-corrected chi connectivity index (χ1v) is 12.7. The van der Waals surface area contributed by atoms with Crippen LogP contribution >= 0.6 is 23.2 Å². The molecule has 1 aliphatic rings. The summed E-state index contributed by atoms with van der Waals surface area (Å²) in [6, 6.07) is 12.5. The molecule has 5 rings (SSSR count). The standard InChI is InChI=1S/C27H23Cl2N5O4/c28-21-12-30-13-22(29)23(21)32-26(36)20-15-34(25-19(24(20)35)9-4-10-31-25)18-8-5-11-33(14-18)27(37)38-16-17-6-2-1-3-7-17/h1-4,6-7,9-10,12-13,15,18H,5,8,11,14,16H2,(H,30,32,36). The van der Waals surface area contributed by atoms with Crippen molar-refractivity contribution in [3.8, 4) is 0 Å². The van der Waals surface area contributed by atoms with Crippen molar-refractivity contribution >= 4 is 51.9 Å². The van der Waals surface area contributed by atoms with Crippen LogP contribution in [-0.2, 0) is 11.3 Å². The van der Waals surface area contributed by atoms with Gasteiger partial charge in [-0.05, 0) is 30.5 Å². The number of fused-ring (bicyclic) bond motifs is 1. The maximum atomic E-state index is 13.3. The Morgan fingerprint density at radius 3 is 2.61 bits per heavy atom. The Bertz CT molecular complexity index is 1540. The van der Waals surface area contributed by atoms with Gasteiger partial charge in [0.05, 0.1) is 27.2 Å². The highest BCUT2D eigenvalue weighted by Gasteiger charge is 2.28. The Hall–Kier alpha value is -3.95. The lowest BCUT2D eigenvalue weighted by Crippen LogP contribution is -2.41. The number of nitrogens with zero attached hydrogens (tertiary/aromatic N) is 4. The number of piperidine rings is 1. The van der Waals surface area contributed by atoms with Crippen LogP contribution in [-0.4, -0.2) is 44.5 Å². The van der Waals surface area contributed by atoms with Gasteiger partial charge in [0.15, 0.2) is 0 Å². The van der Waals surface area contributed by atoms with Crippen LogP contribution in [0.2, 0.25) is 10.0 Å². The lowest BCUT2D eigenvalue weighted by atomic mass is 10.0. The molecule has 0 aliphatic carbocycles. The summed E-state index contributed by atoms with van der Waals surface area (Å²) in [5.41, 5.74) is 0.917. The first-order chi connectivity index (χ1) is 18.4. The molecule has 1 atom stereocenters. The topological polar surface area (TPSA) is 106 Å². The van der Waals surface area contributed by atoms with Gasteiger partial charge >= 0.3 is 6.09 Å². The molecule has 4 heterocycles. The molecule has 0 spiro atoms. The van der Waals surface area contributed by atoms with Gasteiger partial charge in [0, 0.05) is 37.9 Å². The van der Waals surface area contributed by atoms with E-state index in [0.717, 1.165) is 18.4 Å². The van der Waals surface area contributed by atoms with Gasteiger partial charge < -0.3 is 19.5 Å². The van der Waals surface area contributed by atoms with Gasteiger partial charge in [0.25, 0.3) is 5.91 Å². The maximum absolute atomic E-state index is 13.3. The summed E-state index contributed by atoms with van der Waals surface area (Å²) in [4.78, 5) is 49.3. The molecule has 4 aromatic rings. The number of carbonyl (C=O) groups is 2. The second-order valence-electron chi connectivity index (χ2n) is 8.87. The van der Waals surface area contributed by atoms with E-state index in [1.807, 2.05) is 30.3 Å². The minimum Gasteiger partial charge on any atom is -0.445 e. The number of pyridine rings is 3. The molecule has 1 saturated heterocycles. The normalized spacial score (nSPS) is 15.3. The molecule has 1 aliphatic heterocycles. The summed E-state index contributed by atoms with van der Waals surface area (Å²) in [5, 5.41) is 3.20. The minimum atomic E-state index is -0.667. The minimum absolute atomic E-state index is 0.0989. The molecule has 1 N–H and O–H groups in total. The van der Waals surface area contributed by atoms with E-state index in [4.69, 9.17) is 27.9 Å². The molecule has 11 heteroatoms. The van der Waals surface area contributed by atoms with E-state index >= 15 is 0 Å². The lowest BCUT2D eigenvalue weighted by Gasteiger charge is -2.34. The van der Waals surface area contributed by atoms with Gasteiger partial charge in [-0.2, -0.15) is 0 Å². The van der Waals surface area contributed by atoms with Crippen molar-refractivity contribution in [2.24, 2.45) is 0 Å². The van der Waals surface area contributed by atoms with Crippen LogP contribution in [0.5, 0.6) is 0 Å². The zero-order valence-corrected chi connectivity index (χ0v) is 21.7. The van der Waals surface area contributed by atoms with E-state index in [1.54, 1.807) is 27.8 Å². The van der Waals surface area contributed by atoms with Crippen molar-refractivity contribution in [3.63, 3.8) is 0 Å². The molecule has 1 unspecified atom stereocenters. The predicted octanol–water partition coefficient (Wildman–Crippen LogP) is 5.32. The average molecular weight is 552 g/mol. The molecule has 1 aromatic carbocycles. The summed E-state index contributed by atoms with van der Waals surface area (Å²) in [7, 11) is 0. The molecule has 0 radical (unpaired) electrons. The molecule has 194 valence electrons. The Morgan fingerprint density at radius 1 is 1.08 bits per heavy atom. The van der Waals surface area contributed by atoms with Crippen LogP contribution in [0.3, 0.4) is 0 Å². The SMILES string of the molecule is O=C(Nc1c(Cl)cncc1Cl)c1cn(C2CCCN(C(=O)OCc3ccccc3)C2)c2ncccc2c1=O. The monoisotopic (exact) mass is 551 g/mol. The van der Waals surface area contributed by atoms with Crippen molar-refractivity contribution in [1.29, 1.82) is 0 Å². The smallest absolute Gasteiger partial charge is 0.410 e. The summed E-state index contributed by atoms with van der Waals surface area (Å²) in [5.74, 6) is -0.667. The summed E-state index contributed by atoms with van der Waals surface area (Å²) in [6.07, 6.45) is 6.79. The zero-order valence-electron chi connectivity index (χ0n) is 20.1. The number of hydrogen-bond donors (Lipinski definition) is 1. The van der Waals surface area contributed by atoms with Crippen LogP contribution in [0.15, 0.2) is 72.0 Å². The number of hydrogen-bond acceptors (Lipinski definition) is 6. The van der Waals surface area contributed by atoms with Gasteiger partial charge in [-0.15, -0.1) is 0 Å². The van der Waals surface area contributed by atoms with Crippen LogP contribution in [0.1, 0.15) is 34.8 Å². The first-order valence-electron chi connectivity index (χ1n) is 12.0. The third-order valence-corrected chi connectivity index (χ3v) is 6.95. The lowest BCUT2D eigenvalue weighted by molar-refractivity contribution is 0.0804. The fourth-order valence-corrected chi connectivity index (χ4v) is 4.95. The quantitative estimate of drug-likeness (QED) is 0.359. The molecule has 2 amide bonds. The number of likely N-dealkylation sites (tertiary alicyclic amines) is 1. The molecule has 0 bridgehead atoms. The van der Waals surface area contributed by atoms with Gasteiger partial charge in [0.1, 0.15) is 17.8 Å². The van der Waals surface area contributed by atoms with E-state index in [2.05, 4.69) is 15.3 Å². The van der Waals surface area contributed by atoms with Crippen LogP contribution in [0, 0.1) is 0 Å². The molecule has 9 nitrogen and oxygen atoms in total. The van der Waals surface area contributed by atoms with E-state index < -0.39 is 17.4 Å². The number of halogens is 2. The van der Waals surface area contributed by atoms with Gasteiger partial charge in [0.2, 0.25) is 5.43 Å². The summed E-state index contributed by atoms with van der Waals surface area (Å²) >= 11 is 12.3. The highest BCUT2D eigenvalue weighted by molar-refractivity contribution is 6.39. The fourth-order valence-electron chi connectivity index (χ4n) is 4.49. The predicted molar refractivity (Wildman–Crippen MR) is 145 cm³/mol. The number of carbonyl (C=O) groups excluding carboxylic acids is 2.